The molecule has 1 fully saturated rings. The lowest BCUT2D eigenvalue weighted by Gasteiger charge is -2.23. The van der Waals surface area contributed by atoms with E-state index in [2.05, 4.69) is 32.8 Å². The lowest BCUT2D eigenvalue weighted by Crippen LogP contribution is -2.36. The SMILES string of the molecule is CCC(CN)CC(=O)N1CC(C)C(N(C)C)C1. The molecule has 2 N–H and O–H groups in total. The molecule has 0 radical (unpaired) electrons. The van der Waals surface area contributed by atoms with Gasteiger partial charge in [-0.3, -0.25) is 4.79 Å². The molecule has 0 aromatic heterocycles. The molecule has 0 aliphatic carbocycles. The normalized spacial score (nSPS) is 26.6. The monoisotopic (exact) mass is 241 g/mol. The molecule has 1 rings (SSSR count). The van der Waals surface area contributed by atoms with Crippen LogP contribution in [0.1, 0.15) is 26.7 Å². The van der Waals surface area contributed by atoms with Crippen molar-refractivity contribution < 1.29 is 4.79 Å². The van der Waals surface area contributed by atoms with Gasteiger partial charge < -0.3 is 15.5 Å². The summed E-state index contributed by atoms with van der Waals surface area (Å²) < 4.78 is 0. The maximum absolute atomic E-state index is 12.1. The molecule has 0 aromatic carbocycles. The van der Waals surface area contributed by atoms with E-state index in [0.29, 0.717) is 30.8 Å². The van der Waals surface area contributed by atoms with Crippen LogP contribution in [0, 0.1) is 11.8 Å². The Morgan fingerprint density at radius 1 is 1.47 bits per heavy atom. The van der Waals surface area contributed by atoms with Gasteiger partial charge in [0.25, 0.3) is 0 Å². The van der Waals surface area contributed by atoms with E-state index in [4.69, 9.17) is 5.73 Å². The average Bonchev–Trinajstić information content (AvgIpc) is 2.68. The molecule has 3 unspecified atom stereocenters. The molecule has 0 spiro atoms. The van der Waals surface area contributed by atoms with Crippen LogP contribution in [0.3, 0.4) is 0 Å². The fourth-order valence-electron chi connectivity index (χ4n) is 2.60. The van der Waals surface area contributed by atoms with Crippen LogP contribution < -0.4 is 5.73 Å². The smallest absolute Gasteiger partial charge is 0.222 e. The Labute approximate surface area is 105 Å². The van der Waals surface area contributed by atoms with Crippen molar-refractivity contribution >= 4 is 5.91 Å². The molecular weight excluding hydrogens is 214 g/mol. The van der Waals surface area contributed by atoms with Crippen LogP contribution in [0.4, 0.5) is 0 Å². The predicted molar refractivity (Wildman–Crippen MR) is 70.7 cm³/mol. The van der Waals surface area contributed by atoms with E-state index >= 15 is 0 Å². The van der Waals surface area contributed by atoms with Gasteiger partial charge in [0.1, 0.15) is 0 Å². The van der Waals surface area contributed by atoms with Crippen LogP contribution in [0.2, 0.25) is 0 Å². The number of nitrogens with zero attached hydrogens (tertiary/aromatic N) is 2. The van der Waals surface area contributed by atoms with E-state index < -0.39 is 0 Å². The Morgan fingerprint density at radius 2 is 2.12 bits per heavy atom. The molecule has 100 valence electrons. The molecule has 1 saturated heterocycles. The molecular formula is C13H27N3O. The van der Waals surface area contributed by atoms with Gasteiger partial charge in [0.2, 0.25) is 5.91 Å². The maximum atomic E-state index is 12.1. The summed E-state index contributed by atoms with van der Waals surface area (Å²) in [5, 5.41) is 0. The minimum atomic E-state index is 0.276. The Bertz CT molecular complexity index is 251. The molecule has 1 amide bonds. The highest BCUT2D eigenvalue weighted by Crippen LogP contribution is 2.21. The van der Waals surface area contributed by atoms with E-state index in [1.165, 1.54) is 0 Å². The summed E-state index contributed by atoms with van der Waals surface area (Å²) in [7, 11) is 4.17. The minimum absolute atomic E-state index is 0.276. The van der Waals surface area contributed by atoms with E-state index in [9.17, 15) is 4.79 Å². The first-order valence-corrected chi connectivity index (χ1v) is 6.63. The van der Waals surface area contributed by atoms with Crippen molar-refractivity contribution in [1.29, 1.82) is 0 Å². The topological polar surface area (TPSA) is 49.6 Å². The molecule has 1 aliphatic rings. The highest BCUT2D eigenvalue weighted by atomic mass is 16.2. The number of carbonyl (C=O) groups is 1. The third-order valence-electron chi connectivity index (χ3n) is 3.96. The van der Waals surface area contributed by atoms with Gasteiger partial charge in [0, 0.05) is 25.6 Å². The van der Waals surface area contributed by atoms with Crippen molar-refractivity contribution in [2.75, 3.05) is 33.7 Å². The number of nitrogens with two attached hydrogens (primary N) is 1. The molecule has 1 heterocycles. The third kappa shape index (κ3) is 3.68. The number of hydrogen-bond acceptors (Lipinski definition) is 3. The number of likely N-dealkylation sites (N-methyl/N-ethyl adjacent to an activating group) is 1. The van der Waals surface area contributed by atoms with Crippen molar-refractivity contribution in [1.82, 2.24) is 9.80 Å². The van der Waals surface area contributed by atoms with E-state index in [1.807, 2.05) is 4.90 Å². The fourth-order valence-corrected chi connectivity index (χ4v) is 2.60. The number of amides is 1. The molecule has 4 heteroatoms. The van der Waals surface area contributed by atoms with Crippen molar-refractivity contribution in [3.8, 4) is 0 Å². The maximum Gasteiger partial charge on any atom is 0.222 e. The van der Waals surface area contributed by atoms with Crippen LogP contribution in [0.5, 0.6) is 0 Å². The van der Waals surface area contributed by atoms with Gasteiger partial charge in [-0.1, -0.05) is 20.3 Å². The zero-order valence-electron chi connectivity index (χ0n) is 11.6. The van der Waals surface area contributed by atoms with Crippen LogP contribution >= 0.6 is 0 Å². The van der Waals surface area contributed by atoms with Crippen LogP contribution in [-0.4, -0.2) is 55.5 Å². The second-order valence-corrected chi connectivity index (χ2v) is 5.52. The summed E-state index contributed by atoms with van der Waals surface area (Å²) in [6.07, 6.45) is 1.60. The van der Waals surface area contributed by atoms with Gasteiger partial charge in [-0.25, -0.2) is 0 Å². The van der Waals surface area contributed by atoms with Crippen molar-refractivity contribution in [3.63, 3.8) is 0 Å². The highest BCUT2D eigenvalue weighted by Gasteiger charge is 2.33. The van der Waals surface area contributed by atoms with Crippen LogP contribution in [-0.2, 0) is 4.79 Å². The van der Waals surface area contributed by atoms with Gasteiger partial charge in [0.15, 0.2) is 0 Å². The second kappa shape index (κ2) is 6.36. The summed E-state index contributed by atoms with van der Waals surface area (Å²) in [6, 6.07) is 0.497. The van der Waals surface area contributed by atoms with E-state index in [-0.39, 0.29) is 5.91 Å². The first kappa shape index (κ1) is 14.5. The summed E-state index contributed by atoms with van der Waals surface area (Å²) >= 11 is 0. The Morgan fingerprint density at radius 3 is 2.53 bits per heavy atom. The van der Waals surface area contributed by atoms with Crippen molar-refractivity contribution in [3.05, 3.63) is 0 Å². The van der Waals surface area contributed by atoms with Crippen LogP contribution in [0.15, 0.2) is 0 Å². The summed E-state index contributed by atoms with van der Waals surface area (Å²) in [6.45, 7) is 6.69. The standard InChI is InChI=1S/C13H27N3O/c1-5-11(7-14)6-13(17)16-8-10(2)12(9-16)15(3)4/h10-12H,5-9,14H2,1-4H3. The lowest BCUT2D eigenvalue weighted by atomic mass is 10.0. The summed E-state index contributed by atoms with van der Waals surface area (Å²) in [4.78, 5) is 16.4. The zero-order valence-corrected chi connectivity index (χ0v) is 11.6. The van der Waals surface area contributed by atoms with Crippen molar-refractivity contribution in [2.24, 2.45) is 17.6 Å². The van der Waals surface area contributed by atoms with Gasteiger partial charge in [-0.05, 0) is 32.5 Å². The number of rotatable bonds is 5. The second-order valence-electron chi connectivity index (χ2n) is 5.52. The molecule has 0 bridgehead atoms. The molecule has 0 aromatic rings. The fraction of sp³-hybridized carbons (Fsp3) is 0.923. The number of likely N-dealkylation sites (tertiary alicyclic amines) is 1. The van der Waals surface area contributed by atoms with Gasteiger partial charge >= 0.3 is 0 Å². The molecule has 1 aliphatic heterocycles. The van der Waals surface area contributed by atoms with Gasteiger partial charge in [-0.15, -0.1) is 0 Å². The molecule has 4 nitrogen and oxygen atoms in total. The molecule has 0 saturated carbocycles. The van der Waals surface area contributed by atoms with Crippen molar-refractivity contribution in [2.45, 2.75) is 32.7 Å². The number of carbonyl (C=O) groups excluding carboxylic acids is 1. The van der Waals surface area contributed by atoms with E-state index in [1.54, 1.807) is 0 Å². The zero-order chi connectivity index (χ0) is 13.0. The highest BCUT2D eigenvalue weighted by molar-refractivity contribution is 5.76. The first-order chi connectivity index (χ1) is 7.99. The number of hydrogen-bond donors (Lipinski definition) is 1. The molecule has 3 atom stereocenters. The van der Waals surface area contributed by atoms with E-state index in [0.717, 1.165) is 19.5 Å². The summed E-state index contributed by atoms with van der Waals surface area (Å²) in [5.74, 6) is 1.18. The lowest BCUT2D eigenvalue weighted by molar-refractivity contribution is -0.131. The Hall–Kier alpha value is -0.610. The third-order valence-corrected chi connectivity index (χ3v) is 3.96. The predicted octanol–water partition coefficient (Wildman–Crippen LogP) is 0.770. The van der Waals surface area contributed by atoms with Crippen LogP contribution in [0.25, 0.3) is 0 Å². The average molecular weight is 241 g/mol. The Balaban J connectivity index is 2.49. The largest absolute Gasteiger partial charge is 0.341 e. The quantitative estimate of drug-likeness (QED) is 0.773. The van der Waals surface area contributed by atoms with Gasteiger partial charge in [0.05, 0.1) is 0 Å². The summed E-state index contributed by atoms with van der Waals surface area (Å²) in [5.41, 5.74) is 5.65. The molecule has 17 heavy (non-hydrogen) atoms. The minimum Gasteiger partial charge on any atom is -0.341 e. The Kier molecular flexibility index (Phi) is 5.40. The first-order valence-electron chi connectivity index (χ1n) is 6.63. The van der Waals surface area contributed by atoms with Gasteiger partial charge in [-0.2, -0.15) is 0 Å².